The van der Waals surface area contributed by atoms with E-state index in [1.54, 1.807) is 23.9 Å². The van der Waals surface area contributed by atoms with Crippen LogP contribution in [0.15, 0.2) is 29.3 Å². The van der Waals surface area contributed by atoms with Crippen LogP contribution in [-0.4, -0.2) is 55.2 Å². The van der Waals surface area contributed by atoms with E-state index >= 15 is 0 Å². The fraction of sp³-hybridized carbons (Fsp3) is 0.588. The highest BCUT2D eigenvalue weighted by Gasteiger charge is 2.28. The summed E-state index contributed by atoms with van der Waals surface area (Å²) in [6.45, 7) is 7.31. The summed E-state index contributed by atoms with van der Waals surface area (Å²) in [5.41, 5.74) is 1.00. The molecule has 0 aromatic heterocycles. The summed E-state index contributed by atoms with van der Waals surface area (Å²) in [5.74, 6) is 1.72. The molecule has 136 valence electrons. The highest BCUT2D eigenvalue weighted by atomic mass is 127. The summed E-state index contributed by atoms with van der Waals surface area (Å²) in [5, 5.41) is 3.36. The van der Waals surface area contributed by atoms with Crippen molar-refractivity contribution in [1.29, 1.82) is 0 Å². The second-order valence-corrected chi connectivity index (χ2v) is 6.61. The molecule has 1 aromatic rings. The maximum Gasteiger partial charge on any atom is 0.194 e. The molecule has 1 saturated heterocycles. The fourth-order valence-corrected chi connectivity index (χ4v) is 2.93. The highest BCUT2D eigenvalue weighted by molar-refractivity contribution is 14.0. The van der Waals surface area contributed by atoms with E-state index in [2.05, 4.69) is 30.3 Å². The van der Waals surface area contributed by atoms with E-state index in [0.29, 0.717) is 0 Å². The van der Waals surface area contributed by atoms with Gasteiger partial charge in [0.2, 0.25) is 0 Å². The average molecular weight is 467 g/mol. The number of hydrogen-bond acceptors (Lipinski definition) is 3. The fourth-order valence-electron chi connectivity index (χ4n) is 2.65. The first kappa shape index (κ1) is 21.5. The van der Waals surface area contributed by atoms with Crippen LogP contribution in [0.5, 0.6) is 0 Å². The van der Waals surface area contributed by atoms with E-state index in [0.717, 1.165) is 43.5 Å². The number of thioether (sulfide) groups is 1. The van der Waals surface area contributed by atoms with Crippen LogP contribution in [0.4, 0.5) is 4.39 Å². The minimum atomic E-state index is -0.221. The number of nitrogens with zero attached hydrogens (tertiary/aromatic N) is 2. The van der Waals surface area contributed by atoms with Gasteiger partial charge in [0.25, 0.3) is 0 Å². The monoisotopic (exact) mass is 467 g/mol. The van der Waals surface area contributed by atoms with Crippen molar-refractivity contribution in [2.45, 2.75) is 26.1 Å². The van der Waals surface area contributed by atoms with Crippen molar-refractivity contribution in [3.63, 3.8) is 0 Å². The van der Waals surface area contributed by atoms with Crippen LogP contribution >= 0.6 is 35.7 Å². The van der Waals surface area contributed by atoms with Gasteiger partial charge in [-0.2, -0.15) is 11.8 Å². The van der Waals surface area contributed by atoms with Gasteiger partial charge in [-0.05, 0) is 37.8 Å². The largest absolute Gasteiger partial charge is 0.367 e. The summed E-state index contributed by atoms with van der Waals surface area (Å²) in [6, 6.07) is 6.57. The van der Waals surface area contributed by atoms with Gasteiger partial charge < -0.3 is 15.0 Å². The van der Waals surface area contributed by atoms with Crippen molar-refractivity contribution in [3.05, 3.63) is 35.6 Å². The van der Waals surface area contributed by atoms with Crippen molar-refractivity contribution >= 4 is 41.7 Å². The maximum absolute atomic E-state index is 13.1. The van der Waals surface area contributed by atoms with Crippen LogP contribution in [0, 0.1) is 5.82 Å². The topological polar surface area (TPSA) is 36.9 Å². The third-order valence-electron chi connectivity index (χ3n) is 3.69. The third-order valence-corrected chi connectivity index (χ3v) is 4.28. The lowest BCUT2D eigenvalue weighted by molar-refractivity contribution is -0.0605. The molecule has 1 aliphatic heterocycles. The first-order valence-corrected chi connectivity index (χ1v) is 9.46. The van der Waals surface area contributed by atoms with Crippen LogP contribution in [0.1, 0.15) is 25.5 Å². The molecule has 2 atom stereocenters. The Labute approximate surface area is 165 Å². The van der Waals surface area contributed by atoms with Crippen LogP contribution < -0.4 is 5.32 Å². The van der Waals surface area contributed by atoms with Gasteiger partial charge in [0, 0.05) is 18.8 Å². The Morgan fingerprint density at radius 2 is 2.08 bits per heavy atom. The molecule has 0 saturated carbocycles. The van der Waals surface area contributed by atoms with E-state index in [-0.39, 0.29) is 42.0 Å². The molecule has 4 nitrogen and oxygen atoms in total. The summed E-state index contributed by atoms with van der Waals surface area (Å²) in [6.07, 6.45) is 2.12. The number of benzene rings is 1. The van der Waals surface area contributed by atoms with E-state index in [1.165, 1.54) is 12.1 Å². The van der Waals surface area contributed by atoms with Gasteiger partial charge in [-0.15, -0.1) is 24.0 Å². The lowest BCUT2D eigenvalue weighted by Gasteiger charge is -2.38. The summed E-state index contributed by atoms with van der Waals surface area (Å²) in [7, 11) is 0. The second-order valence-electron chi connectivity index (χ2n) is 5.62. The zero-order valence-electron chi connectivity index (χ0n) is 14.5. The predicted octanol–water partition coefficient (Wildman–Crippen LogP) is 3.53. The molecular weight excluding hydrogens is 440 g/mol. The average Bonchev–Trinajstić information content (AvgIpc) is 2.54. The molecule has 0 bridgehead atoms. The third kappa shape index (κ3) is 6.40. The molecule has 0 radical (unpaired) electrons. The smallest absolute Gasteiger partial charge is 0.194 e. The Kier molecular flexibility index (Phi) is 9.99. The highest BCUT2D eigenvalue weighted by Crippen LogP contribution is 2.25. The molecule has 1 N–H and O–H groups in total. The second kappa shape index (κ2) is 11.1. The van der Waals surface area contributed by atoms with Crippen LogP contribution in [0.3, 0.4) is 0 Å². The first-order chi connectivity index (χ1) is 11.1. The van der Waals surface area contributed by atoms with Crippen LogP contribution in [-0.2, 0) is 4.74 Å². The van der Waals surface area contributed by atoms with E-state index in [9.17, 15) is 4.39 Å². The number of rotatable bonds is 5. The summed E-state index contributed by atoms with van der Waals surface area (Å²) >= 11 is 1.79. The summed E-state index contributed by atoms with van der Waals surface area (Å²) in [4.78, 5) is 6.94. The normalized spacial score (nSPS) is 21.3. The molecular formula is C17H27FIN3OS. The zero-order valence-corrected chi connectivity index (χ0v) is 17.6. The van der Waals surface area contributed by atoms with Crippen LogP contribution in [0.2, 0.25) is 0 Å². The molecule has 7 heteroatoms. The van der Waals surface area contributed by atoms with E-state index in [4.69, 9.17) is 9.73 Å². The number of aliphatic imine (C=N–C) groups is 1. The number of halogens is 2. The van der Waals surface area contributed by atoms with Crippen molar-refractivity contribution < 1.29 is 9.13 Å². The predicted molar refractivity (Wildman–Crippen MR) is 111 cm³/mol. The standard InChI is InChI=1S/C17H26FN3OS.HI/c1-4-19-17(20-9-10-23-3)21-11-13(2)22-16(12-21)14-5-7-15(18)8-6-14;/h5-8,13,16H,4,9-12H2,1-3H3,(H,19,20);1H. The number of hydrogen-bond donors (Lipinski definition) is 1. The molecule has 0 spiro atoms. The quantitative estimate of drug-likeness (QED) is 0.311. The minimum absolute atomic E-state index is 0. The van der Waals surface area contributed by atoms with Gasteiger partial charge in [0.05, 0.1) is 19.2 Å². The van der Waals surface area contributed by atoms with Crippen LogP contribution in [0.25, 0.3) is 0 Å². The molecule has 2 rings (SSSR count). The lowest BCUT2D eigenvalue weighted by atomic mass is 10.1. The number of nitrogens with one attached hydrogen (secondary N) is 1. The Bertz CT molecular complexity index is 515. The molecule has 1 aromatic carbocycles. The maximum atomic E-state index is 13.1. The number of morpholine rings is 1. The first-order valence-electron chi connectivity index (χ1n) is 8.07. The molecule has 1 heterocycles. The lowest BCUT2D eigenvalue weighted by Crippen LogP contribution is -2.50. The molecule has 1 aliphatic rings. The van der Waals surface area contributed by atoms with Crippen molar-refractivity contribution in [2.75, 3.05) is 38.2 Å². The van der Waals surface area contributed by atoms with Gasteiger partial charge in [0.15, 0.2) is 5.96 Å². The number of guanidine groups is 1. The Balaban J connectivity index is 0.00000288. The minimum Gasteiger partial charge on any atom is -0.367 e. The van der Waals surface area contributed by atoms with Gasteiger partial charge in [0.1, 0.15) is 11.9 Å². The van der Waals surface area contributed by atoms with Crippen molar-refractivity contribution in [3.8, 4) is 0 Å². The Hall–Kier alpha value is -0.540. The molecule has 0 amide bonds. The van der Waals surface area contributed by atoms with Gasteiger partial charge in [-0.3, -0.25) is 4.99 Å². The van der Waals surface area contributed by atoms with Crippen molar-refractivity contribution in [1.82, 2.24) is 10.2 Å². The number of ether oxygens (including phenoxy) is 1. The van der Waals surface area contributed by atoms with E-state index in [1.807, 2.05) is 0 Å². The van der Waals surface area contributed by atoms with Gasteiger partial charge >= 0.3 is 0 Å². The zero-order chi connectivity index (χ0) is 16.7. The van der Waals surface area contributed by atoms with Gasteiger partial charge in [-0.25, -0.2) is 4.39 Å². The molecule has 24 heavy (non-hydrogen) atoms. The van der Waals surface area contributed by atoms with Gasteiger partial charge in [-0.1, -0.05) is 12.1 Å². The molecule has 0 aliphatic carbocycles. The van der Waals surface area contributed by atoms with Crippen molar-refractivity contribution in [2.24, 2.45) is 4.99 Å². The summed E-state index contributed by atoms with van der Waals surface area (Å²) < 4.78 is 19.2. The Morgan fingerprint density at radius 1 is 1.38 bits per heavy atom. The molecule has 1 fully saturated rings. The molecule has 2 unspecified atom stereocenters. The SMILES string of the molecule is CCNC(=NCCSC)N1CC(C)OC(c2ccc(F)cc2)C1.I. The van der Waals surface area contributed by atoms with E-state index < -0.39 is 0 Å². The Morgan fingerprint density at radius 3 is 2.71 bits per heavy atom.